The summed E-state index contributed by atoms with van der Waals surface area (Å²) in [6.45, 7) is 0. The number of nitrogens with one attached hydrogen (secondary N) is 1. The summed E-state index contributed by atoms with van der Waals surface area (Å²) in [5, 5.41) is 12.1. The van der Waals surface area contributed by atoms with E-state index in [9.17, 15) is 4.79 Å². The van der Waals surface area contributed by atoms with E-state index in [0.717, 1.165) is 0 Å². The molecule has 1 aromatic heterocycles. The number of carbonyl (C=O) groups is 1. The predicted molar refractivity (Wildman–Crippen MR) is 73.4 cm³/mol. The second-order valence-corrected chi connectivity index (χ2v) is 4.47. The number of nitrogens with zero attached hydrogens (tertiary/aromatic N) is 2. The number of nitriles is 1. The maximum atomic E-state index is 11.9. The number of amides is 1. The van der Waals surface area contributed by atoms with Gasteiger partial charge >= 0.3 is 0 Å². The van der Waals surface area contributed by atoms with Gasteiger partial charge in [0.15, 0.2) is 0 Å². The van der Waals surface area contributed by atoms with Crippen molar-refractivity contribution in [1.82, 2.24) is 4.98 Å². The lowest BCUT2D eigenvalue weighted by Gasteiger charge is -2.07. The van der Waals surface area contributed by atoms with Gasteiger partial charge in [0, 0.05) is 11.2 Å². The van der Waals surface area contributed by atoms with E-state index in [0.29, 0.717) is 21.3 Å². The summed E-state index contributed by atoms with van der Waals surface area (Å²) in [6.07, 6.45) is 1.33. The van der Waals surface area contributed by atoms with Crippen molar-refractivity contribution in [3.63, 3.8) is 0 Å². The van der Waals surface area contributed by atoms with Gasteiger partial charge in [0.05, 0.1) is 16.3 Å². The molecular formula is C13H7Cl2N3O. The van der Waals surface area contributed by atoms with Gasteiger partial charge < -0.3 is 5.32 Å². The second-order valence-electron chi connectivity index (χ2n) is 3.62. The highest BCUT2D eigenvalue weighted by Crippen LogP contribution is 2.25. The molecule has 0 aliphatic heterocycles. The zero-order valence-electron chi connectivity index (χ0n) is 9.52. The molecule has 19 heavy (non-hydrogen) atoms. The number of anilines is 1. The lowest BCUT2D eigenvalue weighted by atomic mass is 10.2. The summed E-state index contributed by atoms with van der Waals surface area (Å²) in [4.78, 5) is 15.8. The Morgan fingerprint density at radius 1 is 1.26 bits per heavy atom. The Morgan fingerprint density at radius 3 is 2.68 bits per heavy atom. The zero-order valence-corrected chi connectivity index (χ0v) is 11.0. The second kappa shape index (κ2) is 5.70. The molecule has 0 aliphatic rings. The van der Waals surface area contributed by atoms with Crippen LogP contribution in [0.2, 0.25) is 10.0 Å². The molecule has 0 atom stereocenters. The van der Waals surface area contributed by atoms with Gasteiger partial charge in [-0.05, 0) is 30.3 Å². The van der Waals surface area contributed by atoms with Crippen molar-refractivity contribution in [3.05, 3.63) is 57.8 Å². The quantitative estimate of drug-likeness (QED) is 0.921. The smallest absolute Gasteiger partial charge is 0.274 e. The summed E-state index contributed by atoms with van der Waals surface area (Å²) < 4.78 is 0. The van der Waals surface area contributed by atoms with E-state index in [1.807, 2.05) is 6.07 Å². The van der Waals surface area contributed by atoms with Crippen LogP contribution < -0.4 is 5.32 Å². The predicted octanol–water partition coefficient (Wildman–Crippen LogP) is 3.51. The van der Waals surface area contributed by atoms with E-state index >= 15 is 0 Å². The van der Waals surface area contributed by atoms with Crippen LogP contribution in [0.15, 0.2) is 36.5 Å². The molecule has 0 spiro atoms. The van der Waals surface area contributed by atoms with Gasteiger partial charge in [0.1, 0.15) is 11.8 Å². The van der Waals surface area contributed by atoms with Crippen molar-refractivity contribution in [1.29, 1.82) is 5.26 Å². The molecule has 2 aromatic rings. The van der Waals surface area contributed by atoms with E-state index < -0.39 is 5.91 Å². The molecule has 0 saturated heterocycles. The fourth-order valence-corrected chi connectivity index (χ4v) is 1.71. The summed E-state index contributed by atoms with van der Waals surface area (Å²) in [7, 11) is 0. The van der Waals surface area contributed by atoms with E-state index in [1.165, 1.54) is 18.3 Å². The van der Waals surface area contributed by atoms with Crippen LogP contribution in [0.4, 0.5) is 5.69 Å². The van der Waals surface area contributed by atoms with Crippen LogP contribution in [0, 0.1) is 11.3 Å². The molecular weight excluding hydrogens is 285 g/mol. The summed E-state index contributed by atoms with van der Waals surface area (Å²) in [5.74, 6) is -0.423. The molecule has 1 amide bonds. The van der Waals surface area contributed by atoms with Gasteiger partial charge in [-0.2, -0.15) is 5.26 Å². The Balaban J connectivity index is 2.21. The summed E-state index contributed by atoms with van der Waals surface area (Å²) in [6, 6.07) is 9.67. The first-order valence-electron chi connectivity index (χ1n) is 5.22. The van der Waals surface area contributed by atoms with Crippen molar-refractivity contribution in [2.75, 3.05) is 5.32 Å². The third-order valence-electron chi connectivity index (χ3n) is 2.30. The zero-order chi connectivity index (χ0) is 13.8. The van der Waals surface area contributed by atoms with Crippen LogP contribution in [-0.4, -0.2) is 10.9 Å². The highest BCUT2D eigenvalue weighted by Gasteiger charge is 2.10. The van der Waals surface area contributed by atoms with E-state index in [1.54, 1.807) is 18.2 Å². The average molecular weight is 292 g/mol. The molecule has 0 saturated carbocycles. The molecule has 0 unspecified atom stereocenters. The van der Waals surface area contributed by atoms with Gasteiger partial charge in [-0.1, -0.05) is 23.2 Å². The number of benzene rings is 1. The Morgan fingerprint density at radius 2 is 2.05 bits per heavy atom. The maximum absolute atomic E-state index is 11.9. The average Bonchev–Trinajstić information content (AvgIpc) is 2.43. The van der Waals surface area contributed by atoms with Gasteiger partial charge in [0.25, 0.3) is 5.91 Å². The highest BCUT2D eigenvalue weighted by atomic mass is 35.5. The minimum absolute atomic E-state index is 0.190. The highest BCUT2D eigenvalue weighted by molar-refractivity contribution is 6.35. The molecule has 0 fully saturated rings. The third kappa shape index (κ3) is 3.22. The molecule has 1 heterocycles. The first kappa shape index (κ1) is 13.3. The van der Waals surface area contributed by atoms with Crippen LogP contribution in [0.1, 0.15) is 16.1 Å². The monoisotopic (exact) mass is 291 g/mol. The Hall–Kier alpha value is -2.09. The molecule has 0 bridgehead atoms. The maximum Gasteiger partial charge on any atom is 0.274 e. The van der Waals surface area contributed by atoms with Gasteiger partial charge in [0.2, 0.25) is 0 Å². The topological polar surface area (TPSA) is 65.8 Å². The van der Waals surface area contributed by atoms with Crippen LogP contribution in [0.25, 0.3) is 0 Å². The number of aromatic nitrogens is 1. The van der Waals surface area contributed by atoms with Crippen molar-refractivity contribution in [3.8, 4) is 6.07 Å². The van der Waals surface area contributed by atoms with Crippen molar-refractivity contribution >= 4 is 34.8 Å². The molecule has 1 N–H and O–H groups in total. The molecule has 0 aliphatic carbocycles. The van der Waals surface area contributed by atoms with E-state index in [4.69, 9.17) is 28.5 Å². The lowest BCUT2D eigenvalue weighted by Crippen LogP contribution is -2.13. The largest absolute Gasteiger partial charge is 0.319 e. The number of carbonyl (C=O) groups excluding carboxylic acids is 1. The first-order chi connectivity index (χ1) is 9.10. The van der Waals surface area contributed by atoms with Gasteiger partial charge in [-0.3, -0.25) is 4.79 Å². The number of hydrogen-bond acceptors (Lipinski definition) is 3. The Labute approximate surface area is 119 Å². The third-order valence-corrected chi connectivity index (χ3v) is 2.87. The first-order valence-corrected chi connectivity index (χ1v) is 5.98. The molecule has 2 rings (SSSR count). The van der Waals surface area contributed by atoms with E-state index in [2.05, 4.69) is 10.3 Å². The van der Waals surface area contributed by atoms with Crippen molar-refractivity contribution in [2.45, 2.75) is 0 Å². The fraction of sp³-hybridized carbons (Fsp3) is 0. The SMILES string of the molecule is N#Cc1ccc(C(=O)Nc2cc(Cl)ccc2Cl)nc1. The number of hydrogen-bond donors (Lipinski definition) is 1. The Bertz CT molecular complexity index is 663. The van der Waals surface area contributed by atoms with Crippen LogP contribution in [0.3, 0.4) is 0 Å². The molecule has 1 aromatic carbocycles. The molecule has 6 heteroatoms. The van der Waals surface area contributed by atoms with Crippen molar-refractivity contribution < 1.29 is 4.79 Å². The number of rotatable bonds is 2. The van der Waals surface area contributed by atoms with Crippen LogP contribution in [0.5, 0.6) is 0 Å². The normalized spacial score (nSPS) is 9.74. The van der Waals surface area contributed by atoms with Crippen molar-refractivity contribution in [2.24, 2.45) is 0 Å². The minimum atomic E-state index is -0.423. The standard InChI is InChI=1S/C13H7Cl2N3O/c14-9-2-3-10(15)12(5-9)18-13(19)11-4-1-8(6-16)7-17-11/h1-5,7H,(H,18,19). The van der Waals surface area contributed by atoms with Gasteiger partial charge in [-0.15, -0.1) is 0 Å². The minimum Gasteiger partial charge on any atom is -0.319 e. The van der Waals surface area contributed by atoms with E-state index in [-0.39, 0.29) is 5.69 Å². The van der Waals surface area contributed by atoms with Gasteiger partial charge in [-0.25, -0.2) is 4.98 Å². The number of pyridine rings is 1. The fourth-order valence-electron chi connectivity index (χ4n) is 1.37. The lowest BCUT2D eigenvalue weighted by molar-refractivity contribution is 0.102. The summed E-state index contributed by atoms with van der Waals surface area (Å²) >= 11 is 11.8. The molecule has 4 nitrogen and oxygen atoms in total. The molecule has 0 radical (unpaired) electrons. The Kier molecular flexibility index (Phi) is 4.00. The molecule has 94 valence electrons. The number of halogens is 2. The van der Waals surface area contributed by atoms with Crippen LogP contribution >= 0.6 is 23.2 Å². The van der Waals surface area contributed by atoms with Crippen LogP contribution in [-0.2, 0) is 0 Å². The summed E-state index contributed by atoms with van der Waals surface area (Å²) in [5.41, 5.74) is 0.984.